The molecular formula is C24H27N3O3. The van der Waals surface area contributed by atoms with Crippen molar-refractivity contribution < 1.29 is 15.3 Å². The van der Waals surface area contributed by atoms with E-state index in [4.69, 9.17) is 4.84 Å². The highest BCUT2D eigenvalue weighted by Crippen LogP contribution is 2.60. The predicted octanol–water partition coefficient (Wildman–Crippen LogP) is 3.75. The summed E-state index contributed by atoms with van der Waals surface area (Å²) in [4.78, 5) is 8.54. The summed E-state index contributed by atoms with van der Waals surface area (Å²) in [5, 5.41) is 24.2. The van der Waals surface area contributed by atoms with Crippen LogP contribution >= 0.6 is 0 Å². The molecule has 1 heterocycles. The minimum absolute atomic E-state index is 0.0794. The summed E-state index contributed by atoms with van der Waals surface area (Å²) in [5.41, 5.74) is 2.42. The molecule has 0 radical (unpaired) electrons. The Morgan fingerprint density at radius 3 is 2.10 bits per heavy atom. The van der Waals surface area contributed by atoms with Gasteiger partial charge in [0.25, 0.3) is 0 Å². The van der Waals surface area contributed by atoms with E-state index in [2.05, 4.69) is 34.3 Å². The fraction of sp³-hybridized carbons (Fsp3) is 0.458. The highest BCUT2D eigenvalue weighted by atomic mass is 16.8. The average Bonchev–Trinajstić information content (AvgIpc) is 3.20. The van der Waals surface area contributed by atoms with Crippen LogP contribution < -0.4 is 5.23 Å². The van der Waals surface area contributed by atoms with Gasteiger partial charge in [-0.3, -0.25) is 0 Å². The highest BCUT2D eigenvalue weighted by molar-refractivity contribution is 6.00. The number of hydrogen-bond donors (Lipinski definition) is 2. The average molecular weight is 405 g/mol. The van der Waals surface area contributed by atoms with Crippen molar-refractivity contribution >= 4 is 11.5 Å². The maximum Gasteiger partial charge on any atom is 0.227 e. The molecule has 1 aliphatic heterocycles. The molecule has 2 aromatic carbocycles. The SMILES string of the molecule is [O-][NH+](O)c1ccc(C2=NOC(c3ccccc3)N2C23CC4CC(CC(C4)C2)C3)cc1. The number of benzene rings is 2. The summed E-state index contributed by atoms with van der Waals surface area (Å²) in [6.45, 7) is 0. The van der Waals surface area contributed by atoms with E-state index in [1.807, 2.05) is 18.2 Å². The number of hydrogen-bond acceptors (Lipinski definition) is 5. The van der Waals surface area contributed by atoms with Gasteiger partial charge in [-0.05, 0) is 68.4 Å². The molecule has 30 heavy (non-hydrogen) atoms. The summed E-state index contributed by atoms with van der Waals surface area (Å²) < 4.78 is 0. The van der Waals surface area contributed by atoms with Gasteiger partial charge in [-0.1, -0.05) is 35.5 Å². The lowest BCUT2D eigenvalue weighted by molar-refractivity contribution is -0.991. The third-order valence-corrected chi connectivity index (χ3v) is 7.69. The van der Waals surface area contributed by atoms with Gasteiger partial charge in [0.2, 0.25) is 6.23 Å². The number of nitrogens with one attached hydrogen (secondary N) is 1. The lowest BCUT2D eigenvalue weighted by Crippen LogP contribution is -2.99. The maximum absolute atomic E-state index is 11.3. The minimum Gasteiger partial charge on any atom is -0.595 e. The van der Waals surface area contributed by atoms with Gasteiger partial charge in [-0.15, -0.1) is 0 Å². The van der Waals surface area contributed by atoms with Crippen molar-refractivity contribution in [2.75, 3.05) is 0 Å². The first-order valence-electron chi connectivity index (χ1n) is 11.0. The van der Waals surface area contributed by atoms with E-state index >= 15 is 0 Å². The third kappa shape index (κ3) is 2.86. The first-order chi connectivity index (χ1) is 14.6. The molecule has 4 saturated carbocycles. The van der Waals surface area contributed by atoms with Crippen LogP contribution in [-0.2, 0) is 4.84 Å². The molecule has 4 bridgehead atoms. The molecule has 2 unspecified atom stereocenters. The number of amidine groups is 1. The zero-order chi connectivity index (χ0) is 20.3. The third-order valence-electron chi connectivity index (χ3n) is 7.69. The van der Waals surface area contributed by atoms with Crippen LogP contribution in [0.25, 0.3) is 0 Å². The molecule has 156 valence electrons. The van der Waals surface area contributed by atoms with Crippen molar-refractivity contribution in [2.24, 2.45) is 22.9 Å². The fourth-order valence-electron chi connectivity index (χ4n) is 6.92. The summed E-state index contributed by atoms with van der Waals surface area (Å²) >= 11 is 0. The zero-order valence-corrected chi connectivity index (χ0v) is 16.9. The Morgan fingerprint density at radius 2 is 1.53 bits per heavy atom. The first-order valence-corrected chi connectivity index (χ1v) is 11.0. The Labute approximate surface area is 176 Å². The van der Waals surface area contributed by atoms with E-state index in [9.17, 15) is 10.4 Å². The van der Waals surface area contributed by atoms with Gasteiger partial charge in [0.15, 0.2) is 11.5 Å². The highest BCUT2D eigenvalue weighted by Gasteiger charge is 2.57. The van der Waals surface area contributed by atoms with E-state index in [0.29, 0.717) is 5.69 Å². The maximum atomic E-state index is 11.3. The van der Waals surface area contributed by atoms with Gasteiger partial charge in [-0.2, -0.15) is 5.23 Å². The molecular weight excluding hydrogens is 378 g/mol. The molecule has 0 spiro atoms. The van der Waals surface area contributed by atoms with Gasteiger partial charge in [0, 0.05) is 28.8 Å². The largest absolute Gasteiger partial charge is 0.595 e. The number of oxime groups is 1. The van der Waals surface area contributed by atoms with Gasteiger partial charge in [-0.25, -0.2) is 5.21 Å². The van der Waals surface area contributed by atoms with Gasteiger partial charge < -0.3 is 14.9 Å². The van der Waals surface area contributed by atoms with Crippen LogP contribution in [0, 0.1) is 23.0 Å². The molecule has 0 saturated heterocycles. The zero-order valence-electron chi connectivity index (χ0n) is 16.9. The van der Waals surface area contributed by atoms with Crippen LogP contribution in [0.3, 0.4) is 0 Å². The van der Waals surface area contributed by atoms with Crippen LogP contribution in [0.4, 0.5) is 5.69 Å². The van der Waals surface area contributed by atoms with Crippen LogP contribution in [0.1, 0.15) is 55.9 Å². The second-order valence-electron chi connectivity index (χ2n) is 9.68. The summed E-state index contributed by atoms with van der Waals surface area (Å²) in [6, 6.07) is 17.4. The van der Waals surface area contributed by atoms with E-state index in [1.54, 1.807) is 12.1 Å². The van der Waals surface area contributed by atoms with E-state index in [-0.39, 0.29) is 11.8 Å². The van der Waals surface area contributed by atoms with E-state index in [1.165, 1.54) is 38.5 Å². The molecule has 4 aliphatic carbocycles. The number of nitrogens with zero attached hydrogens (tertiary/aromatic N) is 2. The normalized spacial score (nSPS) is 35.3. The Morgan fingerprint density at radius 1 is 0.933 bits per heavy atom. The van der Waals surface area contributed by atoms with Crippen LogP contribution in [0.5, 0.6) is 0 Å². The van der Waals surface area contributed by atoms with Gasteiger partial charge >= 0.3 is 0 Å². The van der Waals surface area contributed by atoms with Crippen LogP contribution in [0.2, 0.25) is 0 Å². The molecule has 2 atom stereocenters. The predicted molar refractivity (Wildman–Crippen MR) is 112 cm³/mol. The molecule has 2 N–H and O–H groups in total. The van der Waals surface area contributed by atoms with E-state index in [0.717, 1.165) is 34.7 Å². The Balaban J connectivity index is 1.42. The quantitative estimate of drug-likeness (QED) is 0.760. The minimum atomic E-state index is -0.911. The van der Waals surface area contributed by atoms with Crippen molar-refractivity contribution in [3.63, 3.8) is 0 Å². The summed E-state index contributed by atoms with van der Waals surface area (Å²) in [7, 11) is 0. The van der Waals surface area contributed by atoms with Crippen molar-refractivity contribution in [1.29, 1.82) is 0 Å². The Bertz CT molecular complexity index is 922. The monoisotopic (exact) mass is 405 g/mol. The standard InChI is InChI=1S/C24H27N3O3/c28-27(29)21-8-6-19(7-9-21)22-25-30-23(20-4-2-1-3-5-20)26(22)24-13-16-10-17(14-24)12-18(11-16)15-24/h1-9,16-18,23,27-28H,10-15H2. The molecule has 0 aromatic heterocycles. The molecule has 2 aromatic rings. The number of quaternary nitrogens is 1. The van der Waals surface area contributed by atoms with Crippen LogP contribution in [0.15, 0.2) is 59.8 Å². The molecule has 6 nitrogen and oxygen atoms in total. The number of rotatable bonds is 4. The summed E-state index contributed by atoms with van der Waals surface area (Å²) in [5.74, 6) is 3.28. The lowest BCUT2D eigenvalue weighted by Gasteiger charge is -2.60. The molecule has 4 fully saturated rings. The second kappa shape index (κ2) is 6.80. The van der Waals surface area contributed by atoms with Gasteiger partial charge in [0.1, 0.15) is 0 Å². The van der Waals surface area contributed by atoms with Crippen LogP contribution in [-0.4, -0.2) is 21.5 Å². The topological polar surface area (TPSA) is 72.6 Å². The molecule has 6 heteroatoms. The molecule has 0 amide bonds. The Kier molecular flexibility index (Phi) is 4.17. The molecule has 5 aliphatic rings. The van der Waals surface area contributed by atoms with Gasteiger partial charge in [0.05, 0.1) is 0 Å². The first kappa shape index (κ1) is 18.4. The van der Waals surface area contributed by atoms with Crippen molar-refractivity contribution in [1.82, 2.24) is 4.90 Å². The second-order valence-corrected chi connectivity index (χ2v) is 9.68. The van der Waals surface area contributed by atoms with Crippen molar-refractivity contribution in [3.05, 3.63) is 70.9 Å². The van der Waals surface area contributed by atoms with Crippen molar-refractivity contribution in [3.8, 4) is 0 Å². The van der Waals surface area contributed by atoms with Crippen molar-refractivity contribution in [2.45, 2.75) is 50.3 Å². The summed E-state index contributed by atoms with van der Waals surface area (Å²) in [6.07, 6.45) is 7.53. The lowest BCUT2D eigenvalue weighted by atomic mass is 9.52. The Hall–Kier alpha value is -2.41. The molecule has 7 rings (SSSR count). The van der Waals surface area contributed by atoms with E-state index < -0.39 is 5.23 Å². The smallest absolute Gasteiger partial charge is 0.227 e. The fourth-order valence-corrected chi connectivity index (χ4v) is 6.92.